The average Bonchev–Trinajstić information content (AvgIpc) is 3.07. The van der Waals surface area contributed by atoms with Crippen molar-refractivity contribution in [1.82, 2.24) is 19.5 Å². The summed E-state index contributed by atoms with van der Waals surface area (Å²) in [6.45, 7) is -0.779. The van der Waals surface area contributed by atoms with Crippen LogP contribution in [0.5, 0.6) is 0 Å². The molecule has 14 nitrogen and oxygen atoms in total. The number of nitrogens with two attached hydrogens (primary N) is 1. The summed E-state index contributed by atoms with van der Waals surface area (Å²) in [6.07, 6.45) is -3.15. The van der Waals surface area contributed by atoms with Crippen LogP contribution in [0.1, 0.15) is 6.23 Å². The summed E-state index contributed by atoms with van der Waals surface area (Å²) in [7, 11) is -10.0. The zero-order valence-electron chi connectivity index (χ0n) is 15.4. The van der Waals surface area contributed by atoms with Crippen molar-refractivity contribution in [2.24, 2.45) is 0 Å². The first-order valence-electron chi connectivity index (χ1n) is 7.40. The molecule has 3 rings (SSSR count). The van der Waals surface area contributed by atoms with Gasteiger partial charge in [0.15, 0.2) is 17.7 Å². The van der Waals surface area contributed by atoms with Gasteiger partial charge in [0.2, 0.25) is 0 Å². The van der Waals surface area contributed by atoms with Crippen molar-refractivity contribution in [2.75, 3.05) is 18.2 Å². The number of anilines is 1. The second-order valence-corrected chi connectivity index (χ2v) is 9.70. The molecule has 2 aromatic heterocycles. The predicted molar refractivity (Wildman–Crippen MR) is 83.9 cm³/mol. The molecular formula is C11H15N5Na2O9P2. The van der Waals surface area contributed by atoms with E-state index in [2.05, 4.69) is 19.5 Å². The molecule has 0 radical (unpaired) electrons. The largest absolute Gasteiger partial charge is 1.00 e. The minimum atomic E-state index is -5.10. The molecule has 2 aromatic rings. The van der Waals surface area contributed by atoms with Gasteiger partial charge in [0.1, 0.15) is 45.3 Å². The molecule has 6 atom stereocenters. The number of nitrogen functional groups attached to an aromatic ring is 1. The number of aromatic nitrogens is 4. The number of rotatable bonds is 6. The zero-order chi connectivity index (χ0) is 20.0. The van der Waals surface area contributed by atoms with Gasteiger partial charge in [0.05, 0.1) is 18.8 Å². The maximum absolute atomic E-state index is 11.5. The van der Waals surface area contributed by atoms with E-state index in [0.29, 0.717) is 0 Å². The summed E-state index contributed by atoms with van der Waals surface area (Å²) in [6, 6.07) is 0. The van der Waals surface area contributed by atoms with Crippen molar-refractivity contribution < 1.29 is 102 Å². The Morgan fingerprint density at radius 1 is 1.21 bits per heavy atom. The third-order valence-electron chi connectivity index (χ3n) is 3.79. The van der Waals surface area contributed by atoms with Crippen molar-refractivity contribution in [3.05, 3.63) is 12.7 Å². The maximum Gasteiger partial charge on any atom is 1.00 e. The molecule has 1 saturated heterocycles. The van der Waals surface area contributed by atoms with Crippen LogP contribution < -0.4 is 74.6 Å². The van der Waals surface area contributed by atoms with E-state index < -0.39 is 52.2 Å². The van der Waals surface area contributed by atoms with E-state index in [-0.39, 0.29) is 76.1 Å². The molecule has 5 N–H and O–H groups in total. The van der Waals surface area contributed by atoms with Crippen LogP contribution >= 0.6 is 15.2 Å². The van der Waals surface area contributed by atoms with Crippen molar-refractivity contribution in [1.29, 1.82) is 0 Å². The first-order chi connectivity index (χ1) is 12.5. The smallest absolute Gasteiger partial charge is 0.778 e. The SMILES string of the molecule is Nc1ncnc2c1ncn2C1OC(COP(=O)([O-])CP(=O)([O-])O)C(O)C1O.[Na+].[Na+]. The number of hydrogen-bond acceptors (Lipinski definition) is 12. The molecule has 6 unspecified atom stereocenters. The van der Waals surface area contributed by atoms with Crippen LogP contribution in [0.15, 0.2) is 12.7 Å². The first-order valence-corrected chi connectivity index (χ1v) is 10.9. The maximum atomic E-state index is 11.5. The van der Waals surface area contributed by atoms with Crippen LogP contribution in [0.3, 0.4) is 0 Å². The molecule has 0 spiro atoms. The third kappa shape index (κ3) is 6.51. The Labute approximate surface area is 208 Å². The quantitative estimate of drug-likeness (QED) is 0.228. The van der Waals surface area contributed by atoms with E-state index in [1.54, 1.807) is 0 Å². The van der Waals surface area contributed by atoms with Crippen molar-refractivity contribution in [3.8, 4) is 0 Å². The summed E-state index contributed by atoms with van der Waals surface area (Å²) in [5, 5.41) is 20.3. The van der Waals surface area contributed by atoms with Gasteiger partial charge in [-0.2, -0.15) is 0 Å². The summed E-state index contributed by atoms with van der Waals surface area (Å²) >= 11 is 0. The van der Waals surface area contributed by atoms with Crippen LogP contribution in [0.4, 0.5) is 5.82 Å². The molecule has 150 valence electrons. The van der Waals surface area contributed by atoms with Crippen LogP contribution in [-0.4, -0.2) is 65.4 Å². The van der Waals surface area contributed by atoms with Gasteiger partial charge in [-0.1, -0.05) is 0 Å². The molecule has 1 fully saturated rings. The molecule has 0 bridgehead atoms. The number of fused-ring (bicyclic) bond motifs is 1. The number of nitrogens with zero attached hydrogens (tertiary/aromatic N) is 4. The zero-order valence-corrected chi connectivity index (χ0v) is 21.2. The Morgan fingerprint density at radius 2 is 1.86 bits per heavy atom. The van der Waals surface area contributed by atoms with E-state index in [4.69, 9.17) is 15.4 Å². The monoisotopic (exact) mass is 469 g/mol. The van der Waals surface area contributed by atoms with Crippen molar-refractivity contribution in [3.63, 3.8) is 0 Å². The first kappa shape index (κ1) is 27.6. The van der Waals surface area contributed by atoms with Crippen LogP contribution in [0.2, 0.25) is 0 Å². The number of hydrogen-bond donors (Lipinski definition) is 4. The van der Waals surface area contributed by atoms with Crippen molar-refractivity contribution in [2.45, 2.75) is 24.5 Å². The molecule has 29 heavy (non-hydrogen) atoms. The number of aliphatic hydroxyl groups excluding tert-OH is 2. The summed E-state index contributed by atoms with van der Waals surface area (Å²) in [5.41, 5.74) is 6.12. The Balaban J connectivity index is 0.00000210. The van der Waals surface area contributed by atoms with Gasteiger partial charge in [-0.05, 0) is 0 Å². The van der Waals surface area contributed by atoms with Crippen LogP contribution in [0.25, 0.3) is 11.2 Å². The molecule has 0 saturated carbocycles. The molecule has 0 aliphatic carbocycles. The molecular weight excluding hydrogens is 454 g/mol. The van der Waals surface area contributed by atoms with Gasteiger partial charge >= 0.3 is 59.1 Å². The number of ether oxygens (including phenoxy) is 1. The average molecular weight is 469 g/mol. The normalized spacial score (nSPS) is 28.2. The van der Waals surface area contributed by atoms with E-state index in [1.165, 1.54) is 10.9 Å². The second kappa shape index (κ2) is 10.4. The van der Waals surface area contributed by atoms with Crippen molar-refractivity contribution >= 4 is 32.2 Å². The van der Waals surface area contributed by atoms with Crippen LogP contribution in [0, 0.1) is 0 Å². The van der Waals surface area contributed by atoms with Gasteiger partial charge in [-0.25, -0.2) is 15.0 Å². The van der Waals surface area contributed by atoms with Gasteiger partial charge in [-0.3, -0.25) is 4.57 Å². The van der Waals surface area contributed by atoms with E-state index >= 15 is 0 Å². The molecule has 1 aliphatic rings. The fourth-order valence-electron chi connectivity index (χ4n) is 2.60. The minimum absolute atomic E-state index is 0. The third-order valence-corrected chi connectivity index (χ3v) is 7.14. The fraction of sp³-hybridized carbons (Fsp3) is 0.545. The molecule has 3 heterocycles. The fourth-order valence-corrected chi connectivity index (χ4v) is 5.05. The molecule has 1 aliphatic heterocycles. The second-order valence-electron chi connectivity index (χ2n) is 5.81. The Kier molecular flexibility index (Phi) is 9.91. The summed E-state index contributed by atoms with van der Waals surface area (Å²) < 4.78 is 33.4. The van der Waals surface area contributed by atoms with E-state index in [9.17, 15) is 29.1 Å². The summed E-state index contributed by atoms with van der Waals surface area (Å²) in [5.74, 6) is -1.51. The van der Waals surface area contributed by atoms with E-state index in [1.807, 2.05) is 0 Å². The Morgan fingerprint density at radius 3 is 2.48 bits per heavy atom. The molecule has 0 amide bonds. The Hall–Kier alpha value is 0.530. The molecule has 18 heteroatoms. The van der Waals surface area contributed by atoms with Gasteiger partial charge in [0.25, 0.3) is 0 Å². The minimum Gasteiger partial charge on any atom is -0.778 e. The van der Waals surface area contributed by atoms with Gasteiger partial charge in [0, 0.05) is 0 Å². The van der Waals surface area contributed by atoms with Crippen LogP contribution in [-0.2, 0) is 18.4 Å². The Bertz CT molecular complexity index is 943. The van der Waals surface area contributed by atoms with E-state index in [0.717, 1.165) is 6.33 Å². The topological polar surface area (TPSA) is 229 Å². The van der Waals surface area contributed by atoms with Gasteiger partial charge in [-0.15, -0.1) is 0 Å². The number of imidazole rings is 1. The summed E-state index contributed by atoms with van der Waals surface area (Å²) in [4.78, 5) is 42.6. The number of aliphatic hydroxyl groups is 2. The van der Waals surface area contributed by atoms with Gasteiger partial charge < -0.3 is 49.0 Å². The predicted octanol–water partition coefficient (Wildman–Crippen LogP) is -8.89. The standard InChI is InChI=1S/C11H17N5O9P2.2Na/c12-9-6-10(14-2-13-9)16(3-15-6)11-8(18)7(17)5(25-11)1-24-27(22,23)4-26(19,20)21;;/h2-3,5,7-8,11,17-18H,1,4H2,(H,22,23)(H2,12,13,14)(H2,19,20,21);;/q;2*+1/p-2. The molecule has 0 aromatic carbocycles.